The molecule has 6 nitrogen and oxygen atoms in total. The molecule has 110 valence electrons. The first-order valence-corrected chi connectivity index (χ1v) is 7.15. The zero-order valence-electron chi connectivity index (χ0n) is 12.1. The molecule has 0 aliphatic carbocycles. The summed E-state index contributed by atoms with van der Waals surface area (Å²) < 4.78 is 1.22. The standard InChI is InChI=1S/C14H22N4O2/c1-11(2)8-15-12-7-13(19)18(16-9-12)10-14(20)17-5-3-4-6-17/h7,9,11,15H,3-6,8,10H2,1-2H3. The summed E-state index contributed by atoms with van der Waals surface area (Å²) in [7, 11) is 0. The van der Waals surface area contributed by atoms with Crippen LogP contribution in [0.15, 0.2) is 17.1 Å². The molecule has 1 aromatic heterocycles. The van der Waals surface area contributed by atoms with E-state index in [9.17, 15) is 9.59 Å². The quantitative estimate of drug-likeness (QED) is 0.870. The highest BCUT2D eigenvalue weighted by Gasteiger charge is 2.18. The van der Waals surface area contributed by atoms with E-state index in [1.54, 1.807) is 11.1 Å². The fourth-order valence-corrected chi connectivity index (χ4v) is 2.17. The van der Waals surface area contributed by atoms with Gasteiger partial charge in [0.1, 0.15) is 6.54 Å². The van der Waals surface area contributed by atoms with E-state index in [0.717, 1.165) is 32.5 Å². The van der Waals surface area contributed by atoms with Gasteiger partial charge in [-0.15, -0.1) is 0 Å². The Morgan fingerprint density at radius 1 is 1.40 bits per heavy atom. The van der Waals surface area contributed by atoms with E-state index < -0.39 is 0 Å². The number of likely N-dealkylation sites (tertiary alicyclic amines) is 1. The van der Waals surface area contributed by atoms with Crippen molar-refractivity contribution in [1.29, 1.82) is 0 Å². The van der Waals surface area contributed by atoms with Crippen molar-refractivity contribution in [3.8, 4) is 0 Å². The van der Waals surface area contributed by atoms with Crippen LogP contribution < -0.4 is 10.9 Å². The molecule has 1 aromatic rings. The van der Waals surface area contributed by atoms with Gasteiger partial charge in [0.2, 0.25) is 5.91 Å². The van der Waals surface area contributed by atoms with E-state index >= 15 is 0 Å². The van der Waals surface area contributed by atoms with E-state index in [1.165, 1.54) is 10.7 Å². The minimum Gasteiger partial charge on any atom is -0.383 e. The summed E-state index contributed by atoms with van der Waals surface area (Å²) in [4.78, 5) is 25.7. The predicted molar refractivity (Wildman–Crippen MR) is 77.6 cm³/mol. The Kier molecular flexibility index (Phi) is 4.76. The van der Waals surface area contributed by atoms with Crippen molar-refractivity contribution in [2.75, 3.05) is 25.0 Å². The Morgan fingerprint density at radius 3 is 2.70 bits per heavy atom. The van der Waals surface area contributed by atoms with E-state index in [0.29, 0.717) is 11.6 Å². The molecule has 1 saturated heterocycles. The molecule has 1 aliphatic heterocycles. The normalized spacial score (nSPS) is 14.8. The van der Waals surface area contributed by atoms with Gasteiger partial charge in [-0.05, 0) is 18.8 Å². The number of carbonyl (C=O) groups excluding carboxylic acids is 1. The molecule has 0 aromatic carbocycles. The highest BCUT2D eigenvalue weighted by atomic mass is 16.2. The SMILES string of the molecule is CC(C)CNc1cnn(CC(=O)N2CCCC2)c(=O)c1. The first-order chi connectivity index (χ1) is 9.56. The lowest BCUT2D eigenvalue weighted by atomic mass is 10.2. The summed E-state index contributed by atoms with van der Waals surface area (Å²) >= 11 is 0. The molecule has 0 atom stereocenters. The minimum atomic E-state index is -0.244. The van der Waals surface area contributed by atoms with Gasteiger partial charge in [-0.3, -0.25) is 9.59 Å². The minimum absolute atomic E-state index is 0.0278. The van der Waals surface area contributed by atoms with Gasteiger partial charge in [0.15, 0.2) is 0 Å². The summed E-state index contributed by atoms with van der Waals surface area (Å²) in [5.74, 6) is 0.467. The maximum atomic E-state index is 12.0. The Morgan fingerprint density at radius 2 is 2.10 bits per heavy atom. The molecule has 1 fully saturated rings. The zero-order valence-corrected chi connectivity index (χ0v) is 12.1. The lowest BCUT2D eigenvalue weighted by molar-refractivity contribution is -0.131. The molecule has 0 saturated carbocycles. The highest BCUT2D eigenvalue weighted by molar-refractivity contribution is 5.76. The summed E-state index contributed by atoms with van der Waals surface area (Å²) in [6.07, 6.45) is 3.69. The molecule has 0 radical (unpaired) electrons. The lowest BCUT2D eigenvalue weighted by Crippen LogP contribution is -2.35. The smallest absolute Gasteiger partial charge is 0.269 e. The van der Waals surface area contributed by atoms with Gasteiger partial charge in [0, 0.05) is 25.7 Å². The second-order valence-corrected chi connectivity index (χ2v) is 5.60. The third-order valence-corrected chi connectivity index (χ3v) is 3.33. The highest BCUT2D eigenvalue weighted by Crippen LogP contribution is 2.08. The van der Waals surface area contributed by atoms with Crippen LogP contribution in [0.2, 0.25) is 0 Å². The molecule has 1 N–H and O–H groups in total. The first kappa shape index (κ1) is 14.6. The van der Waals surface area contributed by atoms with Crippen LogP contribution in [-0.2, 0) is 11.3 Å². The summed E-state index contributed by atoms with van der Waals surface area (Å²) in [5.41, 5.74) is 0.458. The monoisotopic (exact) mass is 278 g/mol. The van der Waals surface area contributed by atoms with Gasteiger partial charge in [-0.1, -0.05) is 13.8 Å². The second kappa shape index (κ2) is 6.54. The maximum absolute atomic E-state index is 12.0. The molecule has 20 heavy (non-hydrogen) atoms. The summed E-state index contributed by atoms with van der Waals surface area (Å²) in [6, 6.07) is 1.49. The van der Waals surface area contributed by atoms with Gasteiger partial charge in [-0.2, -0.15) is 5.10 Å². The van der Waals surface area contributed by atoms with Crippen molar-refractivity contribution >= 4 is 11.6 Å². The van der Waals surface area contributed by atoms with Crippen molar-refractivity contribution < 1.29 is 4.79 Å². The molecule has 0 spiro atoms. The van der Waals surface area contributed by atoms with Crippen LogP contribution in [0.3, 0.4) is 0 Å². The number of rotatable bonds is 5. The predicted octanol–water partition coefficient (Wildman–Crippen LogP) is 0.934. The van der Waals surface area contributed by atoms with Crippen LogP contribution in [0.25, 0.3) is 0 Å². The molecule has 2 heterocycles. The number of anilines is 1. The Hall–Kier alpha value is -1.85. The molecular weight excluding hydrogens is 256 g/mol. The van der Waals surface area contributed by atoms with Crippen molar-refractivity contribution in [3.63, 3.8) is 0 Å². The van der Waals surface area contributed by atoms with E-state index in [-0.39, 0.29) is 18.0 Å². The molecule has 0 bridgehead atoms. The van der Waals surface area contributed by atoms with Crippen LogP contribution in [0.1, 0.15) is 26.7 Å². The average Bonchev–Trinajstić information content (AvgIpc) is 2.93. The van der Waals surface area contributed by atoms with Crippen LogP contribution >= 0.6 is 0 Å². The van der Waals surface area contributed by atoms with Crippen LogP contribution in [-0.4, -0.2) is 40.2 Å². The molecule has 2 rings (SSSR count). The Labute approximate surface area is 118 Å². The topological polar surface area (TPSA) is 67.2 Å². The van der Waals surface area contributed by atoms with Gasteiger partial charge in [0.05, 0.1) is 11.9 Å². The number of amides is 1. The largest absolute Gasteiger partial charge is 0.383 e. The van der Waals surface area contributed by atoms with E-state index in [4.69, 9.17) is 0 Å². The summed E-state index contributed by atoms with van der Waals surface area (Å²) in [5, 5.41) is 7.21. The van der Waals surface area contributed by atoms with Crippen molar-refractivity contribution in [3.05, 3.63) is 22.6 Å². The van der Waals surface area contributed by atoms with Crippen molar-refractivity contribution in [2.45, 2.75) is 33.2 Å². The number of nitrogens with zero attached hydrogens (tertiary/aromatic N) is 3. The number of hydrogen-bond acceptors (Lipinski definition) is 4. The van der Waals surface area contributed by atoms with Gasteiger partial charge in [0.25, 0.3) is 5.56 Å². The first-order valence-electron chi connectivity index (χ1n) is 7.15. The molecule has 1 aliphatic rings. The van der Waals surface area contributed by atoms with Crippen LogP contribution in [0.5, 0.6) is 0 Å². The van der Waals surface area contributed by atoms with Gasteiger partial charge < -0.3 is 10.2 Å². The number of aromatic nitrogens is 2. The maximum Gasteiger partial charge on any atom is 0.269 e. The van der Waals surface area contributed by atoms with Gasteiger partial charge in [-0.25, -0.2) is 4.68 Å². The van der Waals surface area contributed by atoms with E-state index in [1.807, 2.05) is 0 Å². The van der Waals surface area contributed by atoms with Crippen molar-refractivity contribution in [2.24, 2.45) is 5.92 Å². The zero-order chi connectivity index (χ0) is 14.5. The third-order valence-electron chi connectivity index (χ3n) is 3.33. The van der Waals surface area contributed by atoms with Crippen LogP contribution in [0, 0.1) is 5.92 Å². The molecule has 1 amide bonds. The fourth-order valence-electron chi connectivity index (χ4n) is 2.17. The number of hydrogen-bond donors (Lipinski definition) is 1. The lowest BCUT2D eigenvalue weighted by Gasteiger charge is -2.15. The van der Waals surface area contributed by atoms with Gasteiger partial charge >= 0.3 is 0 Å². The average molecular weight is 278 g/mol. The Balaban J connectivity index is 1.98. The third kappa shape index (κ3) is 3.82. The molecule has 0 unspecified atom stereocenters. The Bertz CT molecular complexity index is 518. The number of nitrogens with one attached hydrogen (secondary N) is 1. The fraction of sp³-hybridized carbons (Fsp3) is 0.643. The molecule has 6 heteroatoms. The second-order valence-electron chi connectivity index (χ2n) is 5.60. The number of carbonyl (C=O) groups is 1. The van der Waals surface area contributed by atoms with Crippen molar-refractivity contribution in [1.82, 2.24) is 14.7 Å². The molecular formula is C14H22N4O2. The van der Waals surface area contributed by atoms with Crippen LogP contribution in [0.4, 0.5) is 5.69 Å². The summed E-state index contributed by atoms with van der Waals surface area (Å²) in [6.45, 7) is 6.59. The van der Waals surface area contributed by atoms with E-state index in [2.05, 4.69) is 24.3 Å².